The second kappa shape index (κ2) is 5.67. The number of nitrogens with zero attached hydrogens (tertiary/aromatic N) is 1. The van der Waals surface area contributed by atoms with Gasteiger partial charge in [-0.3, -0.25) is 0 Å². The minimum absolute atomic E-state index is 1.12. The molecule has 9 heavy (non-hydrogen) atoms. The highest BCUT2D eigenvalue weighted by atomic mass is 15.1. The zero-order valence-electron chi connectivity index (χ0n) is 6.72. The maximum absolute atomic E-state index is 2.28. The smallest absolute Gasteiger partial charge is 0.0143 e. The molecule has 1 nitrogen and oxygen atoms in total. The summed E-state index contributed by atoms with van der Waals surface area (Å²) in [6, 6.07) is 0. The van der Waals surface area contributed by atoms with E-state index in [-0.39, 0.29) is 0 Å². The van der Waals surface area contributed by atoms with Crippen molar-refractivity contribution in [2.45, 2.75) is 27.2 Å². The molecule has 0 fully saturated rings. The first-order valence-electron chi connectivity index (χ1n) is 3.75. The Morgan fingerprint density at radius 1 is 1.11 bits per heavy atom. The molecule has 0 aromatic carbocycles. The minimum Gasteiger partial charge on any atom is -0.378 e. The highest BCUT2D eigenvalue weighted by molar-refractivity contribution is 4.79. The zero-order chi connectivity index (χ0) is 7.11. The summed E-state index contributed by atoms with van der Waals surface area (Å²) >= 11 is 0. The van der Waals surface area contributed by atoms with Crippen LogP contribution in [0.25, 0.3) is 0 Å². The van der Waals surface area contributed by atoms with Gasteiger partial charge in [0.1, 0.15) is 0 Å². The average Bonchev–Trinajstić information content (AvgIpc) is 1.91. The van der Waals surface area contributed by atoms with E-state index in [4.69, 9.17) is 0 Å². The summed E-state index contributed by atoms with van der Waals surface area (Å²) in [5, 5.41) is 0. The molecule has 0 heterocycles. The van der Waals surface area contributed by atoms with Gasteiger partial charge in [0.2, 0.25) is 0 Å². The molecule has 0 saturated carbocycles. The maximum atomic E-state index is 2.28. The number of hydrogen-bond acceptors (Lipinski definition) is 1. The fraction of sp³-hybridized carbons (Fsp3) is 0.750. The van der Waals surface area contributed by atoms with Gasteiger partial charge in [0.25, 0.3) is 0 Å². The molecule has 0 rings (SSSR count). The Balaban J connectivity index is 3.41. The lowest BCUT2D eigenvalue weighted by Crippen LogP contribution is -2.14. The monoisotopic (exact) mass is 127 g/mol. The molecule has 54 valence electrons. The van der Waals surface area contributed by atoms with E-state index >= 15 is 0 Å². The summed E-state index contributed by atoms with van der Waals surface area (Å²) in [7, 11) is 0. The van der Waals surface area contributed by atoms with Crippen LogP contribution in [0.1, 0.15) is 27.2 Å². The molecule has 0 spiro atoms. The molecule has 0 atom stereocenters. The molecule has 0 aliphatic carbocycles. The number of hydrogen-bond donors (Lipinski definition) is 0. The summed E-state index contributed by atoms with van der Waals surface area (Å²) in [6.45, 7) is 8.73. The molecule has 0 aromatic rings. The third kappa shape index (κ3) is 4.07. The van der Waals surface area contributed by atoms with Crippen LogP contribution in [0.5, 0.6) is 0 Å². The number of allylic oxidation sites excluding steroid dienone is 1. The van der Waals surface area contributed by atoms with Crippen LogP contribution in [0, 0.1) is 0 Å². The van der Waals surface area contributed by atoms with Crippen molar-refractivity contribution in [3.63, 3.8) is 0 Å². The van der Waals surface area contributed by atoms with Gasteiger partial charge in [0.15, 0.2) is 0 Å². The molecule has 0 N–H and O–H groups in total. The summed E-state index contributed by atoms with van der Waals surface area (Å²) in [5.41, 5.74) is 0. The Bertz CT molecular complexity index is 72.6. The van der Waals surface area contributed by atoms with Crippen molar-refractivity contribution in [2.75, 3.05) is 13.1 Å². The van der Waals surface area contributed by atoms with Gasteiger partial charge < -0.3 is 4.90 Å². The molecule has 0 aliphatic rings. The van der Waals surface area contributed by atoms with Crippen molar-refractivity contribution >= 4 is 0 Å². The van der Waals surface area contributed by atoms with Gasteiger partial charge in [-0.25, -0.2) is 0 Å². The normalized spacial score (nSPS) is 10.6. The molecule has 0 radical (unpaired) electrons. The summed E-state index contributed by atoms with van der Waals surface area (Å²) < 4.78 is 0. The van der Waals surface area contributed by atoms with Crippen molar-refractivity contribution in [3.8, 4) is 0 Å². The van der Waals surface area contributed by atoms with Crippen LogP contribution in [-0.4, -0.2) is 18.0 Å². The van der Waals surface area contributed by atoms with E-state index in [1.165, 1.54) is 0 Å². The third-order valence-electron chi connectivity index (χ3n) is 1.36. The van der Waals surface area contributed by atoms with E-state index in [1.54, 1.807) is 0 Å². The minimum atomic E-state index is 1.12. The van der Waals surface area contributed by atoms with Gasteiger partial charge in [-0.15, -0.1) is 0 Å². The van der Waals surface area contributed by atoms with Crippen molar-refractivity contribution in [2.24, 2.45) is 0 Å². The lowest BCUT2D eigenvalue weighted by atomic mass is 10.4. The second-order valence-electron chi connectivity index (χ2n) is 2.01. The van der Waals surface area contributed by atoms with Crippen LogP contribution < -0.4 is 0 Å². The van der Waals surface area contributed by atoms with Gasteiger partial charge >= 0.3 is 0 Å². The van der Waals surface area contributed by atoms with Crippen molar-refractivity contribution in [3.05, 3.63) is 12.3 Å². The standard InChI is InChI=1S/C8H17N/c1-4-7-8-9(5-2)6-3/h7-8H,4-6H2,1-3H3/b8-7+. The molecule has 0 amide bonds. The van der Waals surface area contributed by atoms with Crippen LogP contribution in [-0.2, 0) is 0 Å². The van der Waals surface area contributed by atoms with Gasteiger partial charge in [0.05, 0.1) is 0 Å². The van der Waals surface area contributed by atoms with Crippen LogP contribution >= 0.6 is 0 Å². The summed E-state index contributed by atoms with van der Waals surface area (Å²) in [4.78, 5) is 2.28. The first kappa shape index (κ1) is 8.54. The zero-order valence-corrected chi connectivity index (χ0v) is 6.72. The molecule has 0 bridgehead atoms. The van der Waals surface area contributed by atoms with E-state index < -0.39 is 0 Å². The van der Waals surface area contributed by atoms with Crippen molar-refractivity contribution in [1.82, 2.24) is 4.90 Å². The van der Waals surface area contributed by atoms with Crippen LogP contribution in [0.3, 0.4) is 0 Å². The van der Waals surface area contributed by atoms with Crippen molar-refractivity contribution in [1.29, 1.82) is 0 Å². The van der Waals surface area contributed by atoms with Gasteiger partial charge in [-0.05, 0) is 26.5 Å². The molecular weight excluding hydrogens is 110 g/mol. The average molecular weight is 127 g/mol. The quantitative estimate of drug-likeness (QED) is 0.560. The Labute approximate surface area is 58.4 Å². The first-order chi connectivity index (χ1) is 4.35. The lowest BCUT2D eigenvalue weighted by molar-refractivity contribution is 0.417. The summed E-state index contributed by atoms with van der Waals surface area (Å²) in [5.74, 6) is 0. The largest absolute Gasteiger partial charge is 0.378 e. The molecule has 1 heteroatoms. The highest BCUT2D eigenvalue weighted by Crippen LogP contribution is 1.89. The molecule has 0 aromatic heterocycles. The van der Waals surface area contributed by atoms with E-state index in [0.29, 0.717) is 0 Å². The predicted molar refractivity (Wildman–Crippen MR) is 42.4 cm³/mol. The van der Waals surface area contributed by atoms with E-state index in [2.05, 4.69) is 37.9 Å². The van der Waals surface area contributed by atoms with E-state index in [1.807, 2.05) is 0 Å². The maximum Gasteiger partial charge on any atom is 0.0143 e. The van der Waals surface area contributed by atoms with Crippen LogP contribution in [0.4, 0.5) is 0 Å². The molecule has 0 saturated heterocycles. The van der Waals surface area contributed by atoms with Crippen LogP contribution in [0.15, 0.2) is 12.3 Å². The van der Waals surface area contributed by atoms with Crippen molar-refractivity contribution < 1.29 is 0 Å². The summed E-state index contributed by atoms with van der Waals surface area (Å²) in [6.07, 6.45) is 5.49. The number of rotatable bonds is 4. The highest BCUT2D eigenvalue weighted by Gasteiger charge is 1.85. The Hall–Kier alpha value is -0.460. The van der Waals surface area contributed by atoms with E-state index in [0.717, 1.165) is 19.5 Å². The Morgan fingerprint density at radius 3 is 2.00 bits per heavy atom. The topological polar surface area (TPSA) is 3.24 Å². The van der Waals surface area contributed by atoms with Gasteiger partial charge in [0, 0.05) is 13.1 Å². The Morgan fingerprint density at radius 2 is 1.67 bits per heavy atom. The molecule has 0 aliphatic heterocycles. The van der Waals surface area contributed by atoms with Gasteiger partial charge in [-0.1, -0.05) is 13.0 Å². The lowest BCUT2D eigenvalue weighted by Gasteiger charge is -2.13. The first-order valence-corrected chi connectivity index (χ1v) is 3.75. The SMILES string of the molecule is CC/C=C/N(CC)CC. The van der Waals surface area contributed by atoms with E-state index in [9.17, 15) is 0 Å². The second-order valence-corrected chi connectivity index (χ2v) is 2.01. The van der Waals surface area contributed by atoms with Gasteiger partial charge in [-0.2, -0.15) is 0 Å². The molecular formula is C8H17N. The fourth-order valence-corrected chi connectivity index (χ4v) is 0.689. The Kier molecular flexibility index (Phi) is 5.38. The fourth-order valence-electron chi connectivity index (χ4n) is 0.689. The molecule has 0 unspecified atom stereocenters. The van der Waals surface area contributed by atoms with Crippen LogP contribution in [0.2, 0.25) is 0 Å². The third-order valence-corrected chi connectivity index (χ3v) is 1.36. The predicted octanol–water partition coefficient (Wildman–Crippen LogP) is 2.25.